The molecule has 0 aliphatic rings. The van der Waals surface area contributed by atoms with Gasteiger partial charge in [-0.3, -0.25) is 0 Å². The Morgan fingerprint density at radius 2 is 2.06 bits per heavy atom. The molecule has 0 amide bonds. The normalized spacial score (nSPS) is 9.47. The number of aliphatic hydroxyl groups is 1. The molecule has 0 fully saturated rings. The number of quaternary nitrogens is 1. The van der Waals surface area contributed by atoms with Gasteiger partial charge < -0.3 is 4.74 Å². The number of carbonyl (C=O) groups excluding carboxylic acids is 1. The van der Waals surface area contributed by atoms with E-state index < -0.39 is 0 Å². The molecule has 0 aliphatic carbocycles. The molecule has 5 nitrogen and oxygen atoms in total. The Morgan fingerprint density at radius 3 is 2.29 bits per heavy atom. The third-order valence-corrected chi connectivity index (χ3v) is 2.22. The van der Waals surface area contributed by atoms with Crippen LogP contribution < -0.4 is 0 Å². The second-order valence-electron chi connectivity index (χ2n) is 3.82. The summed E-state index contributed by atoms with van der Waals surface area (Å²) in [5, 5.41) is 8.47. The molecule has 0 bridgehead atoms. The Hall–Kier alpha value is -0.860. The standard InChI is InChI=1S/C6H10O2.C5H11NO2P/c1-4-8-6(7)5(2)3;1-6(2,3-4-7)5-9-8/h2,4H2,1,3H3;7H,3-4H2,1-2H3/q;+1. The van der Waals surface area contributed by atoms with Crippen LogP contribution in [0.1, 0.15) is 13.8 Å². The summed E-state index contributed by atoms with van der Waals surface area (Å²) in [7, 11) is 3.54. The molecule has 0 aliphatic heterocycles. The van der Waals surface area contributed by atoms with Gasteiger partial charge in [-0.25, -0.2) is 4.79 Å². The third kappa shape index (κ3) is 13.1. The molecule has 98 valence electrons. The summed E-state index contributed by atoms with van der Waals surface area (Å²) >= 11 is 0. The summed E-state index contributed by atoms with van der Waals surface area (Å²) in [5.74, 6) is 2.30. The van der Waals surface area contributed by atoms with Crippen molar-refractivity contribution in [3.05, 3.63) is 12.2 Å². The molecule has 17 heavy (non-hydrogen) atoms. The fraction of sp³-hybridized carbons (Fsp3) is 0.636. The number of ether oxygens (including phenoxy) is 1. The zero-order valence-corrected chi connectivity index (χ0v) is 11.8. The van der Waals surface area contributed by atoms with Gasteiger partial charge in [-0.2, -0.15) is 0 Å². The molecular formula is C11H21NO4P+. The van der Waals surface area contributed by atoms with Crippen molar-refractivity contribution in [3.63, 3.8) is 0 Å². The van der Waals surface area contributed by atoms with Gasteiger partial charge in [0.15, 0.2) is 0 Å². The Kier molecular flexibility index (Phi) is 11.2. The van der Waals surface area contributed by atoms with Gasteiger partial charge in [0.1, 0.15) is 0 Å². The van der Waals surface area contributed by atoms with Gasteiger partial charge in [0, 0.05) is 5.57 Å². The van der Waals surface area contributed by atoms with Gasteiger partial charge in [0.2, 0.25) is 0 Å². The van der Waals surface area contributed by atoms with E-state index in [0.29, 0.717) is 23.2 Å². The summed E-state index contributed by atoms with van der Waals surface area (Å²) in [6.07, 6.45) is 0. The maximum atomic E-state index is 10.4. The molecule has 0 saturated carbocycles. The van der Waals surface area contributed by atoms with Gasteiger partial charge in [-0.1, -0.05) is 6.58 Å². The first-order chi connectivity index (χ1) is 7.80. The fourth-order valence-corrected chi connectivity index (χ4v) is 0.986. The molecule has 0 spiro atoms. The van der Waals surface area contributed by atoms with Crippen LogP contribution in [0.15, 0.2) is 12.2 Å². The summed E-state index contributed by atoms with van der Waals surface area (Å²) in [4.78, 5) is 10.4. The predicted molar refractivity (Wildman–Crippen MR) is 67.0 cm³/mol. The number of hydrogen-bond donors (Lipinski definition) is 1. The molecule has 0 rings (SSSR count). The molecule has 0 radical (unpaired) electrons. The van der Waals surface area contributed by atoms with Crippen LogP contribution in [0.25, 0.3) is 0 Å². The topological polar surface area (TPSA) is 63.6 Å². The number of hydrogen-bond acceptors (Lipinski definition) is 4. The SMILES string of the molecule is C=C(C)C(=O)OCC.C[N+](C)(C#P=O)CCO. The molecule has 0 atom stereocenters. The first-order valence-electron chi connectivity index (χ1n) is 5.16. The number of rotatable bonds is 4. The first kappa shape index (κ1) is 18.5. The van der Waals surface area contributed by atoms with Crippen molar-refractivity contribution in [2.24, 2.45) is 0 Å². The molecular weight excluding hydrogens is 241 g/mol. The molecule has 0 unspecified atom stereocenters. The zero-order chi connectivity index (χ0) is 13.9. The van der Waals surface area contributed by atoms with Gasteiger partial charge >= 0.3 is 61.0 Å². The van der Waals surface area contributed by atoms with E-state index in [9.17, 15) is 9.36 Å². The molecule has 0 heterocycles. The molecule has 6 heteroatoms. The Labute approximate surface area is 104 Å². The monoisotopic (exact) mass is 262 g/mol. The molecule has 0 aromatic heterocycles. The average Bonchev–Trinajstić information content (AvgIpc) is 2.18. The van der Waals surface area contributed by atoms with E-state index in [1.807, 2.05) is 14.1 Å². The van der Waals surface area contributed by atoms with E-state index >= 15 is 0 Å². The van der Waals surface area contributed by atoms with Crippen LogP contribution in [0.5, 0.6) is 0 Å². The molecule has 0 aromatic carbocycles. The van der Waals surface area contributed by atoms with Crippen molar-refractivity contribution in [1.29, 1.82) is 0 Å². The molecule has 0 saturated heterocycles. The zero-order valence-electron chi connectivity index (χ0n) is 10.9. The fourth-order valence-electron chi connectivity index (χ4n) is 0.665. The Bertz CT molecular complexity index is 345. The second-order valence-corrected chi connectivity index (χ2v) is 4.21. The minimum atomic E-state index is -0.312. The minimum absolute atomic E-state index is 0.0928. The van der Waals surface area contributed by atoms with Crippen molar-refractivity contribution in [3.8, 4) is 5.75 Å². The predicted octanol–water partition coefficient (Wildman–Crippen LogP) is 1.39. The van der Waals surface area contributed by atoms with Crippen LogP contribution in [0, 0.1) is 5.75 Å². The quantitative estimate of drug-likeness (QED) is 0.360. The van der Waals surface area contributed by atoms with Crippen LogP contribution in [0.2, 0.25) is 0 Å². The summed E-state index contributed by atoms with van der Waals surface area (Å²) in [6.45, 7) is 7.85. The molecule has 1 N–H and O–H groups in total. The van der Waals surface area contributed by atoms with Crippen LogP contribution in [-0.4, -0.2) is 49.4 Å². The maximum absolute atomic E-state index is 10.4. The second kappa shape index (κ2) is 10.3. The van der Waals surface area contributed by atoms with E-state index in [4.69, 9.17) is 5.11 Å². The van der Waals surface area contributed by atoms with E-state index in [1.165, 1.54) is 0 Å². The van der Waals surface area contributed by atoms with Crippen LogP contribution in [0.4, 0.5) is 0 Å². The van der Waals surface area contributed by atoms with E-state index in [-0.39, 0.29) is 20.5 Å². The van der Waals surface area contributed by atoms with Crippen molar-refractivity contribution in [2.75, 3.05) is 33.9 Å². The average molecular weight is 262 g/mol. The number of likely N-dealkylation sites (N-methyl/N-ethyl adjacent to an activating group) is 1. The molecule has 0 aromatic rings. The number of nitrogens with zero attached hydrogens (tertiary/aromatic N) is 1. The van der Waals surface area contributed by atoms with Crippen molar-refractivity contribution in [2.45, 2.75) is 13.8 Å². The number of esters is 1. The van der Waals surface area contributed by atoms with Crippen molar-refractivity contribution in [1.82, 2.24) is 0 Å². The number of aliphatic hydroxyl groups excluding tert-OH is 1. The van der Waals surface area contributed by atoms with Gasteiger partial charge in [0.25, 0.3) is 0 Å². The van der Waals surface area contributed by atoms with Gasteiger partial charge in [-0.15, -0.1) is 0 Å². The van der Waals surface area contributed by atoms with E-state index in [1.54, 1.807) is 13.8 Å². The van der Waals surface area contributed by atoms with Gasteiger partial charge in [-0.05, 0) is 13.8 Å². The van der Waals surface area contributed by atoms with E-state index in [0.717, 1.165) is 0 Å². The summed E-state index contributed by atoms with van der Waals surface area (Å²) < 4.78 is 14.9. The third-order valence-electron chi connectivity index (χ3n) is 1.59. The Balaban J connectivity index is 0. The van der Waals surface area contributed by atoms with Gasteiger partial charge in [0.05, 0.1) is 6.61 Å². The van der Waals surface area contributed by atoms with Crippen molar-refractivity contribution >= 4 is 13.9 Å². The summed E-state index contributed by atoms with van der Waals surface area (Å²) in [6, 6.07) is 0. The number of carbonyl (C=O) groups is 1. The van der Waals surface area contributed by atoms with Crippen molar-refractivity contribution < 1.29 is 23.7 Å². The van der Waals surface area contributed by atoms with Crippen LogP contribution in [-0.2, 0) is 14.1 Å². The van der Waals surface area contributed by atoms with E-state index in [2.05, 4.69) is 17.1 Å². The Morgan fingerprint density at radius 1 is 1.53 bits per heavy atom. The first-order valence-corrected chi connectivity index (χ1v) is 5.98. The summed E-state index contributed by atoms with van der Waals surface area (Å²) in [5.41, 5.74) is 0.451. The van der Waals surface area contributed by atoms with Crippen LogP contribution >= 0.6 is 7.92 Å². The van der Waals surface area contributed by atoms with Crippen LogP contribution in [0.3, 0.4) is 0 Å².